The Hall–Kier alpha value is -2.83. The van der Waals surface area contributed by atoms with Gasteiger partial charge in [0.05, 0.1) is 0 Å². The van der Waals surface area contributed by atoms with Gasteiger partial charge in [0.1, 0.15) is 5.82 Å². The van der Waals surface area contributed by atoms with Gasteiger partial charge in [-0.3, -0.25) is 14.9 Å². The van der Waals surface area contributed by atoms with Gasteiger partial charge in [-0.1, -0.05) is 6.07 Å². The van der Waals surface area contributed by atoms with E-state index in [1.807, 2.05) is 0 Å². The molecule has 96 valence electrons. The molecule has 0 radical (unpaired) electrons. The van der Waals surface area contributed by atoms with E-state index in [-0.39, 0.29) is 11.6 Å². The number of anilines is 2. The summed E-state index contributed by atoms with van der Waals surface area (Å²) in [5.41, 5.74) is 0.189. The van der Waals surface area contributed by atoms with Gasteiger partial charge < -0.3 is 5.32 Å². The first kappa shape index (κ1) is 12.6. The summed E-state index contributed by atoms with van der Waals surface area (Å²) >= 11 is 0. The molecule has 7 heteroatoms. The zero-order chi connectivity index (χ0) is 13.7. The lowest BCUT2D eigenvalue weighted by Gasteiger charge is -2.05. The highest BCUT2D eigenvalue weighted by Crippen LogP contribution is 2.08. The van der Waals surface area contributed by atoms with Gasteiger partial charge >= 0.3 is 11.8 Å². The Balaban J connectivity index is 1.98. The molecule has 2 rings (SSSR count). The van der Waals surface area contributed by atoms with E-state index >= 15 is 0 Å². The smallest absolute Gasteiger partial charge is 0.316 e. The molecule has 0 aliphatic carbocycles. The van der Waals surface area contributed by atoms with Crippen LogP contribution in [0.4, 0.5) is 16.0 Å². The maximum absolute atomic E-state index is 12.9. The Bertz CT molecular complexity index is 604. The number of halogens is 1. The van der Waals surface area contributed by atoms with Gasteiger partial charge in [0.25, 0.3) is 0 Å². The fraction of sp³-hybridized carbons (Fsp3) is 0. The van der Waals surface area contributed by atoms with E-state index in [0.29, 0.717) is 0 Å². The molecule has 6 nitrogen and oxygen atoms in total. The molecule has 0 saturated heterocycles. The summed E-state index contributed by atoms with van der Waals surface area (Å²) in [5, 5.41) is 4.47. The Morgan fingerprint density at radius 1 is 1.00 bits per heavy atom. The first-order chi connectivity index (χ1) is 9.15. The number of hydrogen-bond donors (Lipinski definition) is 2. The van der Waals surface area contributed by atoms with Crippen molar-refractivity contribution in [3.05, 3.63) is 48.5 Å². The lowest BCUT2D eigenvalue weighted by atomic mass is 10.3. The third kappa shape index (κ3) is 3.56. The van der Waals surface area contributed by atoms with E-state index in [2.05, 4.69) is 20.6 Å². The monoisotopic (exact) mass is 260 g/mol. The summed E-state index contributed by atoms with van der Waals surface area (Å²) in [4.78, 5) is 30.5. The third-order valence-corrected chi connectivity index (χ3v) is 2.08. The average molecular weight is 260 g/mol. The number of rotatable bonds is 2. The van der Waals surface area contributed by atoms with Gasteiger partial charge in [-0.05, 0) is 24.3 Å². The predicted octanol–water partition coefficient (Wildman–Crippen LogP) is 1.19. The Morgan fingerprint density at radius 2 is 1.68 bits per heavy atom. The van der Waals surface area contributed by atoms with Gasteiger partial charge in [-0.15, -0.1) is 0 Å². The summed E-state index contributed by atoms with van der Waals surface area (Å²) in [6.07, 6.45) is 2.85. The SMILES string of the molecule is O=C(Nc1cccc(F)c1)C(=O)Nc1ncccn1. The minimum absolute atomic E-state index is 0.0156. The van der Waals surface area contributed by atoms with Crippen LogP contribution >= 0.6 is 0 Å². The van der Waals surface area contributed by atoms with E-state index in [1.165, 1.54) is 30.6 Å². The lowest BCUT2D eigenvalue weighted by Crippen LogP contribution is -2.29. The molecule has 0 spiro atoms. The highest BCUT2D eigenvalue weighted by atomic mass is 19.1. The topological polar surface area (TPSA) is 84.0 Å². The molecule has 0 saturated carbocycles. The van der Waals surface area contributed by atoms with Gasteiger partial charge in [-0.2, -0.15) is 0 Å². The van der Waals surface area contributed by atoms with Crippen molar-refractivity contribution in [3.8, 4) is 0 Å². The van der Waals surface area contributed by atoms with Crippen LogP contribution in [-0.4, -0.2) is 21.8 Å². The molecular weight excluding hydrogens is 251 g/mol. The Labute approximate surface area is 107 Å². The Morgan fingerprint density at radius 3 is 2.37 bits per heavy atom. The van der Waals surface area contributed by atoms with E-state index in [9.17, 15) is 14.0 Å². The normalized spacial score (nSPS) is 9.74. The molecule has 0 bridgehead atoms. The van der Waals surface area contributed by atoms with Crippen LogP contribution in [0.1, 0.15) is 0 Å². The molecule has 0 fully saturated rings. The van der Waals surface area contributed by atoms with Crippen molar-refractivity contribution in [2.24, 2.45) is 0 Å². The molecule has 1 aromatic heterocycles. The zero-order valence-corrected chi connectivity index (χ0v) is 9.63. The first-order valence-electron chi connectivity index (χ1n) is 5.30. The summed E-state index contributed by atoms with van der Waals surface area (Å²) in [5.74, 6) is -2.36. The van der Waals surface area contributed by atoms with Crippen molar-refractivity contribution >= 4 is 23.5 Å². The van der Waals surface area contributed by atoms with Crippen LogP contribution in [0.2, 0.25) is 0 Å². The van der Waals surface area contributed by atoms with Crippen LogP contribution in [0.5, 0.6) is 0 Å². The van der Waals surface area contributed by atoms with Crippen LogP contribution in [0.3, 0.4) is 0 Å². The highest BCUT2D eigenvalue weighted by molar-refractivity contribution is 6.43. The number of nitrogens with zero attached hydrogens (tertiary/aromatic N) is 2. The molecule has 2 aromatic rings. The van der Waals surface area contributed by atoms with E-state index in [4.69, 9.17) is 0 Å². The van der Waals surface area contributed by atoms with Gasteiger partial charge in [0, 0.05) is 18.1 Å². The minimum Gasteiger partial charge on any atom is -0.318 e. The predicted molar refractivity (Wildman–Crippen MR) is 65.7 cm³/mol. The summed E-state index contributed by atoms with van der Waals surface area (Å²) in [6.45, 7) is 0. The second-order valence-corrected chi connectivity index (χ2v) is 3.49. The van der Waals surface area contributed by atoms with Crippen LogP contribution in [0.25, 0.3) is 0 Å². The van der Waals surface area contributed by atoms with Crippen LogP contribution in [-0.2, 0) is 9.59 Å². The zero-order valence-electron chi connectivity index (χ0n) is 9.63. The van der Waals surface area contributed by atoms with E-state index < -0.39 is 17.6 Å². The fourth-order valence-electron chi connectivity index (χ4n) is 1.28. The van der Waals surface area contributed by atoms with E-state index in [0.717, 1.165) is 6.07 Å². The van der Waals surface area contributed by atoms with Crippen molar-refractivity contribution in [1.29, 1.82) is 0 Å². The molecule has 2 N–H and O–H groups in total. The summed E-state index contributed by atoms with van der Waals surface area (Å²) in [6, 6.07) is 6.79. The Kier molecular flexibility index (Phi) is 3.77. The van der Waals surface area contributed by atoms with Crippen LogP contribution in [0.15, 0.2) is 42.7 Å². The molecule has 0 aliphatic heterocycles. The minimum atomic E-state index is -0.935. The van der Waals surface area contributed by atoms with Crippen molar-refractivity contribution in [1.82, 2.24) is 9.97 Å². The third-order valence-electron chi connectivity index (χ3n) is 2.08. The average Bonchev–Trinajstić information content (AvgIpc) is 2.40. The molecule has 0 atom stereocenters. The molecule has 1 aromatic carbocycles. The lowest BCUT2D eigenvalue weighted by molar-refractivity contribution is -0.133. The number of carbonyl (C=O) groups is 2. The summed E-state index contributed by atoms with van der Waals surface area (Å²) < 4.78 is 12.9. The molecule has 0 aliphatic rings. The second kappa shape index (κ2) is 5.67. The van der Waals surface area contributed by atoms with Gasteiger partial charge in [-0.25, -0.2) is 14.4 Å². The highest BCUT2D eigenvalue weighted by Gasteiger charge is 2.15. The van der Waals surface area contributed by atoms with Crippen molar-refractivity contribution in [2.75, 3.05) is 10.6 Å². The van der Waals surface area contributed by atoms with Gasteiger partial charge in [0.2, 0.25) is 5.95 Å². The fourth-order valence-corrected chi connectivity index (χ4v) is 1.28. The molecule has 0 unspecified atom stereocenters. The molecular formula is C12H9FN4O2. The van der Waals surface area contributed by atoms with Crippen molar-refractivity contribution < 1.29 is 14.0 Å². The quantitative estimate of drug-likeness (QED) is 0.794. The number of aromatic nitrogens is 2. The number of hydrogen-bond acceptors (Lipinski definition) is 4. The summed E-state index contributed by atoms with van der Waals surface area (Å²) in [7, 11) is 0. The molecule has 2 amide bonds. The van der Waals surface area contributed by atoms with Crippen molar-refractivity contribution in [2.45, 2.75) is 0 Å². The van der Waals surface area contributed by atoms with E-state index in [1.54, 1.807) is 6.07 Å². The maximum atomic E-state index is 12.9. The largest absolute Gasteiger partial charge is 0.318 e. The first-order valence-corrected chi connectivity index (χ1v) is 5.30. The number of amides is 2. The van der Waals surface area contributed by atoms with Crippen LogP contribution in [0, 0.1) is 5.82 Å². The van der Waals surface area contributed by atoms with Crippen molar-refractivity contribution in [3.63, 3.8) is 0 Å². The van der Waals surface area contributed by atoms with Gasteiger partial charge in [0.15, 0.2) is 0 Å². The number of nitrogens with one attached hydrogen (secondary N) is 2. The second-order valence-electron chi connectivity index (χ2n) is 3.49. The standard InChI is InChI=1S/C12H9FN4O2/c13-8-3-1-4-9(7-8)16-10(18)11(19)17-12-14-5-2-6-15-12/h1-7H,(H,16,18)(H,14,15,17,19). The number of carbonyl (C=O) groups excluding carboxylic acids is 2. The number of benzene rings is 1. The molecule has 1 heterocycles. The van der Waals surface area contributed by atoms with Crippen LogP contribution < -0.4 is 10.6 Å². The maximum Gasteiger partial charge on any atom is 0.316 e. The molecule has 19 heavy (non-hydrogen) atoms.